The lowest BCUT2D eigenvalue weighted by atomic mass is 10.3. The molecule has 0 amide bonds. The quantitative estimate of drug-likeness (QED) is 0.277. The van der Waals surface area contributed by atoms with Gasteiger partial charge in [0.25, 0.3) is 0 Å². The fourth-order valence-corrected chi connectivity index (χ4v) is 7.23. The van der Waals surface area contributed by atoms with Crippen LogP contribution in [0.3, 0.4) is 0 Å². The third-order valence-corrected chi connectivity index (χ3v) is 8.48. The van der Waals surface area contributed by atoms with Gasteiger partial charge in [-0.1, -0.05) is 116 Å². The average molecular weight is 512 g/mol. The normalized spacial score (nSPS) is 20.7. The third kappa shape index (κ3) is 3.47. The smallest absolute Gasteiger partial charge is 0.0623 e. The van der Waals surface area contributed by atoms with Gasteiger partial charge in [0.1, 0.15) is 0 Å². The molecule has 0 N–H and O–H groups in total. The van der Waals surface area contributed by atoms with Crippen molar-refractivity contribution in [2.45, 2.75) is 0 Å². The second kappa shape index (κ2) is 7.97. The van der Waals surface area contributed by atoms with Gasteiger partial charge in [-0.2, -0.15) is 0 Å². The predicted octanol–water partition coefficient (Wildman–Crippen LogP) is 4.59. The molecule has 0 nitrogen and oxygen atoms in total. The highest BCUT2D eigenvalue weighted by Crippen LogP contribution is 2.15. The Hall–Kier alpha value is -1.94. The van der Waals surface area contributed by atoms with Crippen molar-refractivity contribution in [3.8, 4) is 0 Å². The van der Waals surface area contributed by atoms with Crippen molar-refractivity contribution in [3.05, 3.63) is 118 Å². The SMILES string of the molecule is [2H]c1c([2H])c([2H])c([Si](c2c([2H])c([2H])c([2H])c([2H])c2[2H])(c2c([2H])c([2H])c([2H])c(Br)c2[2H])c2c([2H])c([2H])c([2H])c(Br)c2[2H])c([2H])c1[2H]. The van der Waals surface area contributed by atoms with E-state index in [1.807, 2.05) is 0 Å². The van der Waals surface area contributed by atoms with Gasteiger partial charge in [0.05, 0.1) is 24.7 Å². The van der Waals surface area contributed by atoms with Crippen LogP contribution in [0.15, 0.2) is 118 Å². The van der Waals surface area contributed by atoms with E-state index in [4.69, 9.17) is 24.7 Å². The summed E-state index contributed by atoms with van der Waals surface area (Å²) in [7, 11) is -5.61. The van der Waals surface area contributed by atoms with Gasteiger partial charge in [0, 0.05) is 8.95 Å². The zero-order chi connectivity index (χ0) is 34.4. The van der Waals surface area contributed by atoms with E-state index in [0.29, 0.717) is 0 Å². The molecule has 0 fully saturated rings. The molecule has 0 radical (unpaired) electrons. The molecule has 0 aliphatic heterocycles. The highest BCUT2D eigenvalue weighted by atomic mass is 79.9. The Morgan fingerprint density at radius 3 is 1.26 bits per heavy atom. The van der Waals surface area contributed by atoms with Crippen LogP contribution in [0, 0.1) is 0 Å². The number of rotatable bonds is 4. The highest BCUT2D eigenvalue weighted by Gasteiger charge is 2.41. The van der Waals surface area contributed by atoms with E-state index in [0.717, 1.165) is 0 Å². The maximum absolute atomic E-state index is 9.09. The van der Waals surface area contributed by atoms with Crippen molar-refractivity contribution in [3.63, 3.8) is 0 Å². The van der Waals surface area contributed by atoms with Crippen molar-refractivity contribution in [2.24, 2.45) is 0 Å². The largest absolute Gasteiger partial charge is 0.179 e. The predicted molar refractivity (Wildman–Crippen MR) is 125 cm³/mol. The number of hydrogen-bond donors (Lipinski definition) is 0. The minimum absolute atomic E-state index is 0.435. The Labute approximate surface area is 203 Å². The third-order valence-electron chi connectivity index (χ3n) is 3.69. The molecule has 0 aromatic heterocycles. The molecule has 0 saturated carbocycles. The summed E-state index contributed by atoms with van der Waals surface area (Å²) in [6.07, 6.45) is 0. The van der Waals surface area contributed by atoms with Crippen molar-refractivity contribution in [1.82, 2.24) is 0 Å². The van der Waals surface area contributed by atoms with E-state index in [1.54, 1.807) is 0 Å². The molecular weight excluding hydrogens is 476 g/mol. The van der Waals surface area contributed by atoms with Crippen LogP contribution in [-0.4, -0.2) is 8.07 Å². The molecular formula is C24H18Br2Si. The van der Waals surface area contributed by atoms with Crippen LogP contribution in [-0.2, 0) is 0 Å². The van der Waals surface area contributed by atoms with Gasteiger partial charge < -0.3 is 0 Å². The number of benzene rings is 4. The molecule has 0 spiro atoms. The summed E-state index contributed by atoms with van der Waals surface area (Å²) in [5, 5.41) is -3.11. The Kier molecular flexibility index (Phi) is 2.02. The van der Waals surface area contributed by atoms with E-state index >= 15 is 0 Å². The lowest BCUT2D eigenvalue weighted by molar-refractivity contribution is 1.63. The maximum Gasteiger partial charge on any atom is 0.179 e. The molecule has 0 heterocycles. The Morgan fingerprint density at radius 1 is 0.481 bits per heavy atom. The average Bonchev–Trinajstić information content (AvgIpc) is 3.00. The lowest BCUT2D eigenvalue weighted by Gasteiger charge is -2.34. The summed E-state index contributed by atoms with van der Waals surface area (Å²) in [4.78, 5) is 0. The first-order valence-electron chi connectivity index (χ1n) is 16.4. The van der Waals surface area contributed by atoms with Gasteiger partial charge in [-0.05, 0) is 44.9 Å². The molecule has 4 rings (SSSR count). The van der Waals surface area contributed by atoms with E-state index in [9.17, 15) is 0 Å². The Bertz CT molecular complexity index is 1580. The molecule has 3 heteroatoms. The molecule has 0 aliphatic rings. The van der Waals surface area contributed by atoms with E-state index < -0.39 is 147 Å². The number of hydrogen-bond acceptors (Lipinski definition) is 0. The summed E-state index contributed by atoms with van der Waals surface area (Å²) in [6, 6.07) is -16.2. The van der Waals surface area contributed by atoms with Gasteiger partial charge in [-0.25, -0.2) is 0 Å². The summed E-state index contributed by atoms with van der Waals surface area (Å²) < 4.78 is 155. The Morgan fingerprint density at radius 2 is 0.852 bits per heavy atom. The monoisotopic (exact) mass is 510 g/mol. The summed E-state index contributed by atoms with van der Waals surface area (Å²) in [5.74, 6) is 0. The highest BCUT2D eigenvalue weighted by molar-refractivity contribution is 9.10. The van der Waals surface area contributed by atoms with Crippen molar-refractivity contribution in [1.29, 1.82) is 0 Å². The second-order valence-corrected chi connectivity index (χ2v) is 10.2. The molecule has 0 atom stereocenters. The second-order valence-electron chi connectivity index (χ2n) is 5.13. The minimum atomic E-state index is -5.61. The van der Waals surface area contributed by atoms with Crippen molar-refractivity contribution in [2.75, 3.05) is 0 Å². The van der Waals surface area contributed by atoms with E-state index in [2.05, 4.69) is 31.9 Å². The van der Waals surface area contributed by atoms with Crippen LogP contribution in [0.25, 0.3) is 0 Å². The van der Waals surface area contributed by atoms with Crippen LogP contribution in [0.4, 0.5) is 0 Å². The lowest BCUT2D eigenvalue weighted by Crippen LogP contribution is -2.74. The standard InChI is InChI=1S/C24H18Br2Si/c25-19-9-7-15-23(17-19)27(21-11-3-1-4-12-21,22-13-5-2-6-14-22)24-16-8-10-20(26)18-24/h1-18H/i1D,2D,3D,4D,5D,6D,7D,8D,9D,10D,11D,12D,13D,14D,15D,16D,17D,18D. The van der Waals surface area contributed by atoms with Gasteiger partial charge >= 0.3 is 0 Å². The molecule has 0 bridgehead atoms. The molecule has 0 aliphatic carbocycles. The van der Waals surface area contributed by atoms with Crippen molar-refractivity contribution >= 4 is 60.7 Å². The van der Waals surface area contributed by atoms with Crippen LogP contribution in [0.2, 0.25) is 0 Å². The van der Waals surface area contributed by atoms with Crippen LogP contribution in [0.5, 0.6) is 0 Å². The maximum atomic E-state index is 9.09. The van der Waals surface area contributed by atoms with Gasteiger partial charge in [0.2, 0.25) is 0 Å². The topological polar surface area (TPSA) is 0 Å². The fraction of sp³-hybridized carbons (Fsp3) is 0. The summed E-state index contributed by atoms with van der Waals surface area (Å²) in [6.45, 7) is 0. The van der Waals surface area contributed by atoms with Gasteiger partial charge in [-0.15, -0.1) is 0 Å². The molecule has 4 aromatic rings. The first kappa shape index (κ1) is 6.84. The van der Waals surface area contributed by atoms with Crippen LogP contribution < -0.4 is 20.7 Å². The molecule has 27 heavy (non-hydrogen) atoms. The zero-order valence-corrected chi connectivity index (χ0v) is 17.4. The first-order chi connectivity index (χ1) is 20.7. The molecule has 132 valence electrons. The van der Waals surface area contributed by atoms with Gasteiger partial charge in [-0.3, -0.25) is 0 Å². The van der Waals surface area contributed by atoms with Gasteiger partial charge in [0.15, 0.2) is 8.07 Å². The molecule has 4 aromatic carbocycles. The summed E-state index contributed by atoms with van der Waals surface area (Å²) in [5.41, 5.74) is 0. The van der Waals surface area contributed by atoms with E-state index in [1.165, 1.54) is 0 Å². The molecule has 0 saturated heterocycles. The van der Waals surface area contributed by atoms with Crippen LogP contribution in [0.1, 0.15) is 24.7 Å². The van der Waals surface area contributed by atoms with Crippen molar-refractivity contribution < 1.29 is 24.7 Å². The first-order valence-corrected chi connectivity index (χ1v) is 11.0. The number of halogens is 2. The fourth-order valence-electron chi connectivity index (χ4n) is 2.64. The summed E-state index contributed by atoms with van der Waals surface area (Å²) >= 11 is 6.07. The van der Waals surface area contributed by atoms with Crippen LogP contribution >= 0.6 is 31.9 Å². The zero-order valence-electron chi connectivity index (χ0n) is 31.3. The minimum Gasteiger partial charge on any atom is -0.0623 e. The van der Waals surface area contributed by atoms with E-state index in [-0.39, 0.29) is 0 Å². The molecule has 0 unspecified atom stereocenters. The Balaban J connectivity index is 2.69.